The molecule has 130 valence electrons. The SMILES string of the molecule is NC(=O)CCn1c(SCc2ccc(F)cc2Cl)nnc1-c1cccs1. The molecular formula is C16H14ClFN4OS2. The summed E-state index contributed by atoms with van der Waals surface area (Å²) < 4.78 is 15.0. The van der Waals surface area contributed by atoms with Gasteiger partial charge in [0, 0.05) is 23.7 Å². The van der Waals surface area contributed by atoms with Gasteiger partial charge in [0.05, 0.1) is 4.88 Å². The van der Waals surface area contributed by atoms with E-state index in [9.17, 15) is 9.18 Å². The summed E-state index contributed by atoms with van der Waals surface area (Å²) in [5, 5.41) is 11.4. The molecule has 0 radical (unpaired) electrons. The number of aromatic nitrogens is 3. The normalized spacial score (nSPS) is 11.0. The molecule has 1 aromatic carbocycles. The molecule has 0 atom stereocenters. The van der Waals surface area contributed by atoms with Crippen LogP contribution in [-0.2, 0) is 17.1 Å². The Morgan fingerprint density at radius 2 is 2.20 bits per heavy atom. The molecule has 0 bridgehead atoms. The number of primary amides is 1. The Morgan fingerprint density at radius 1 is 1.36 bits per heavy atom. The first-order valence-corrected chi connectivity index (χ1v) is 9.61. The fourth-order valence-corrected chi connectivity index (χ4v) is 4.19. The van der Waals surface area contributed by atoms with Gasteiger partial charge in [-0.1, -0.05) is 35.5 Å². The maximum atomic E-state index is 13.2. The first-order valence-electron chi connectivity index (χ1n) is 7.36. The second-order valence-electron chi connectivity index (χ2n) is 5.18. The zero-order valence-corrected chi connectivity index (χ0v) is 15.4. The van der Waals surface area contributed by atoms with Gasteiger partial charge in [0.15, 0.2) is 11.0 Å². The third kappa shape index (κ3) is 4.39. The summed E-state index contributed by atoms with van der Waals surface area (Å²) in [6.45, 7) is 0.398. The van der Waals surface area contributed by atoms with Crippen molar-refractivity contribution in [1.82, 2.24) is 14.8 Å². The van der Waals surface area contributed by atoms with Crippen LogP contribution in [0.1, 0.15) is 12.0 Å². The predicted octanol–water partition coefficient (Wildman–Crippen LogP) is 3.97. The molecule has 0 fully saturated rings. The third-order valence-corrected chi connectivity index (χ3v) is 5.65. The van der Waals surface area contributed by atoms with Crippen LogP contribution in [0.15, 0.2) is 40.9 Å². The van der Waals surface area contributed by atoms with Gasteiger partial charge < -0.3 is 10.3 Å². The van der Waals surface area contributed by atoms with Gasteiger partial charge in [-0.3, -0.25) is 4.79 Å². The van der Waals surface area contributed by atoms with Gasteiger partial charge in [0.1, 0.15) is 5.82 Å². The van der Waals surface area contributed by atoms with Gasteiger partial charge in [0.2, 0.25) is 5.91 Å². The second kappa shape index (κ2) is 7.99. The number of thiophene rings is 1. The summed E-state index contributed by atoms with van der Waals surface area (Å²) in [5.74, 6) is 0.453. The molecule has 2 aromatic heterocycles. The summed E-state index contributed by atoms with van der Waals surface area (Å²) in [7, 11) is 0. The second-order valence-corrected chi connectivity index (χ2v) is 7.47. The van der Waals surface area contributed by atoms with Crippen molar-refractivity contribution in [1.29, 1.82) is 0 Å². The lowest BCUT2D eigenvalue weighted by Crippen LogP contribution is -2.14. The van der Waals surface area contributed by atoms with Crippen LogP contribution in [0.4, 0.5) is 4.39 Å². The molecule has 0 aliphatic rings. The van der Waals surface area contributed by atoms with Crippen molar-refractivity contribution >= 4 is 40.6 Å². The summed E-state index contributed by atoms with van der Waals surface area (Å²) in [4.78, 5) is 12.1. The summed E-state index contributed by atoms with van der Waals surface area (Å²) in [6.07, 6.45) is 0.196. The first-order chi connectivity index (χ1) is 12.0. The number of carbonyl (C=O) groups excluding carboxylic acids is 1. The smallest absolute Gasteiger partial charge is 0.219 e. The van der Waals surface area contributed by atoms with Crippen LogP contribution in [0.2, 0.25) is 5.02 Å². The number of benzene rings is 1. The monoisotopic (exact) mass is 396 g/mol. The fourth-order valence-electron chi connectivity index (χ4n) is 2.19. The van der Waals surface area contributed by atoms with Crippen LogP contribution in [0.5, 0.6) is 0 Å². The fraction of sp³-hybridized carbons (Fsp3) is 0.188. The molecule has 0 saturated carbocycles. The van der Waals surface area contributed by atoms with E-state index in [0.29, 0.717) is 28.3 Å². The topological polar surface area (TPSA) is 73.8 Å². The average Bonchev–Trinajstić information content (AvgIpc) is 3.21. The Labute approximate surface area is 157 Å². The lowest BCUT2D eigenvalue weighted by atomic mass is 10.2. The molecule has 3 aromatic rings. The molecule has 25 heavy (non-hydrogen) atoms. The Morgan fingerprint density at radius 3 is 2.88 bits per heavy atom. The highest BCUT2D eigenvalue weighted by Gasteiger charge is 2.16. The lowest BCUT2D eigenvalue weighted by molar-refractivity contribution is -0.118. The molecule has 2 heterocycles. The number of nitrogens with two attached hydrogens (primary N) is 1. The minimum absolute atomic E-state index is 0.196. The molecule has 2 N–H and O–H groups in total. The van der Waals surface area contributed by atoms with Crippen LogP contribution in [0, 0.1) is 5.82 Å². The summed E-state index contributed by atoms with van der Waals surface area (Å²) >= 11 is 9.04. The number of thioether (sulfide) groups is 1. The molecule has 0 aliphatic heterocycles. The Balaban J connectivity index is 1.83. The largest absolute Gasteiger partial charge is 0.370 e. The Bertz CT molecular complexity index is 882. The van der Waals surface area contributed by atoms with Crippen LogP contribution >= 0.6 is 34.7 Å². The van der Waals surface area contributed by atoms with Crippen LogP contribution in [0.3, 0.4) is 0 Å². The Kier molecular flexibility index (Phi) is 5.72. The third-order valence-electron chi connectivity index (χ3n) is 3.41. The van der Waals surface area contributed by atoms with Gasteiger partial charge in [-0.2, -0.15) is 0 Å². The van der Waals surface area contributed by atoms with Crippen LogP contribution in [-0.4, -0.2) is 20.7 Å². The van der Waals surface area contributed by atoms with Gasteiger partial charge in [0.25, 0.3) is 0 Å². The number of hydrogen-bond acceptors (Lipinski definition) is 5. The maximum Gasteiger partial charge on any atom is 0.219 e. The van der Waals surface area contributed by atoms with E-state index in [-0.39, 0.29) is 18.1 Å². The van der Waals surface area contributed by atoms with Gasteiger partial charge in [-0.25, -0.2) is 4.39 Å². The molecule has 0 aliphatic carbocycles. The van der Waals surface area contributed by atoms with Crippen molar-refractivity contribution in [3.63, 3.8) is 0 Å². The van der Waals surface area contributed by atoms with Gasteiger partial charge in [-0.05, 0) is 29.1 Å². The highest BCUT2D eigenvalue weighted by atomic mass is 35.5. The molecule has 3 rings (SSSR count). The minimum atomic E-state index is -0.386. The van der Waals surface area contributed by atoms with Crippen molar-refractivity contribution in [3.8, 4) is 10.7 Å². The first kappa shape index (κ1) is 17.9. The van der Waals surface area contributed by atoms with E-state index in [1.165, 1.54) is 23.9 Å². The maximum absolute atomic E-state index is 13.2. The van der Waals surface area contributed by atoms with Gasteiger partial charge >= 0.3 is 0 Å². The van der Waals surface area contributed by atoms with E-state index >= 15 is 0 Å². The Hall–Kier alpha value is -1.90. The van der Waals surface area contributed by atoms with Crippen molar-refractivity contribution in [2.75, 3.05) is 0 Å². The van der Waals surface area contributed by atoms with E-state index in [2.05, 4.69) is 10.2 Å². The summed E-state index contributed by atoms with van der Waals surface area (Å²) in [6, 6.07) is 8.18. The zero-order chi connectivity index (χ0) is 17.8. The average molecular weight is 397 g/mol. The highest BCUT2D eigenvalue weighted by Crippen LogP contribution is 2.30. The van der Waals surface area contributed by atoms with E-state index in [0.717, 1.165) is 10.4 Å². The van der Waals surface area contributed by atoms with E-state index in [1.54, 1.807) is 17.4 Å². The predicted molar refractivity (Wildman–Crippen MR) is 98.1 cm³/mol. The van der Waals surface area contributed by atoms with E-state index in [1.807, 2.05) is 22.1 Å². The van der Waals surface area contributed by atoms with Crippen LogP contribution in [0.25, 0.3) is 10.7 Å². The molecule has 0 unspecified atom stereocenters. The van der Waals surface area contributed by atoms with Crippen molar-refractivity contribution in [2.45, 2.75) is 23.9 Å². The van der Waals surface area contributed by atoms with Crippen molar-refractivity contribution in [3.05, 3.63) is 52.1 Å². The summed E-state index contributed by atoms with van der Waals surface area (Å²) in [5.41, 5.74) is 6.08. The zero-order valence-electron chi connectivity index (χ0n) is 13.0. The van der Waals surface area contributed by atoms with Crippen molar-refractivity contribution in [2.24, 2.45) is 5.73 Å². The molecule has 0 saturated heterocycles. The molecule has 5 nitrogen and oxygen atoms in total. The lowest BCUT2D eigenvalue weighted by Gasteiger charge is -2.09. The number of hydrogen-bond donors (Lipinski definition) is 1. The standard InChI is InChI=1S/C16H14ClFN4OS2/c17-12-8-11(18)4-3-10(12)9-25-16-21-20-15(13-2-1-7-24-13)22(16)6-5-14(19)23/h1-4,7-8H,5-6,9H2,(H2,19,23). The number of carbonyl (C=O) groups is 1. The molecule has 9 heteroatoms. The number of rotatable bonds is 7. The van der Waals surface area contributed by atoms with Crippen LogP contribution < -0.4 is 5.73 Å². The number of amides is 1. The van der Waals surface area contributed by atoms with Crippen molar-refractivity contribution < 1.29 is 9.18 Å². The molecule has 1 amide bonds. The quantitative estimate of drug-likeness (QED) is 0.613. The van der Waals surface area contributed by atoms with E-state index in [4.69, 9.17) is 17.3 Å². The number of halogens is 2. The highest BCUT2D eigenvalue weighted by molar-refractivity contribution is 7.98. The minimum Gasteiger partial charge on any atom is -0.370 e. The molecule has 0 spiro atoms. The van der Waals surface area contributed by atoms with Gasteiger partial charge in [-0.15, -0.1) is 21.5 Å². The van der Waals surface area contributed by atoms with E-state index < -0.39 is 0 Å². The number of nitrogens with zero attached hydrogens (tertiary/aromatic N) is 3. The molecular weight excluding hydrogens is 383 g/mol.